The standard InChI is InChI=1S/C22H29N2O2S/c1-16-11-12-27-21(16)15-23(17-7-5-4-6-8-17)22(25)26-20-13-18-9-10-19(14-20)24(18,2)3/h4-8,11-12,18-20H,9-10,13-15H2,1-3H3/q+1/t18-,19+,20?. The predicted molar refractivity (Wildman–Crippen MR) is 110 cm³/mol. The average Bonchev–Trinajstić information content (AvgIpc) is 3.07. The predicted octanol–water partition coefficient (Wildman–Crippen LogP) is 4.97. The van der Waals surface area contributed by atoms with Gasteiger partial charge in [0, 0.05) is 36.2 Å². The number of fused-ring (bicyclic) bond motifs is 2. The molecule has 5 heteroatoms. The fraction of sp³-hybridized carbons (Fsp3) is 0.500. The van der Waals surface area contributed by atoms with Gasteiger partial charge in [-0.3, -0.25) is 4.90 Å². The molecule has 2 aliphatic heterocycles. The zero-order valence-electron chi connectivity index (χ0n) is 16.4. The summed E-state index contributed by atoms with van der Waals surface area (Å²) in [6, 6.07) is 13.2. The first kappa shape index (κ1) is 18.5. The van der Waals surface area contributed by atoms with Crippen molar-refractivity contribution in [1.29, 1.82) is 0 Å². The lowest BCUT2D eigenvalue weighted by Gasteiger charge is -2.44. The molecule has 0 radical (unpaired) electrons. The van der Waals surface area contributed by atoms with Crippen LogP contribution in [-0.2, 0) is 11.3 Å². The van der Waals surface area contributed by atoms with E-state index in [2.05, 4.69) is 32.5 Å². The minimum atomic E-state index is -0.217. The number of carbonyl (C=O) groups excluding carboxylic acids is 1. The van der Waals surface area contributed by atoms with Gasteiger partial charge >= 0.3 is 6.09 Å². The molecule has 0 aliphatic carbocycles. The summed E-state index contributed by atoms with van der Waals surface area (Å²) >= 11 is 1.69. The third-order valence-electron chi connectivity index (χ3n) is 6.61. The summed E-state index contributed by atoms with van der Waals surface area (Å²) in [5, 5.41) is 2.08. The van der Waals surface area contributed by atoms with Gasteiger partial charge < -0.3 is 9.22 Å². The zero-order valence-corrected chi connectivity index (χ0v) is 17.2. The van der Waals surface area contributed by atoms with E-state index in [4.69, 9.17) is 4.74 Å². The summed E-state index contributed by atoms with van der Waals surface area (Å²) in [6.07, 6.45) is 4.29. The number of aryl methyl sites for hydroxylation is 1. The fourth-order valence-electron chi connectivity index (χ4n) is 4.71. The smallest absolute Gasteiger partial charge is 0.414 e. The molecule has 0 N–H and O–H groups in total. The molecule has 4 nitrogen and oxygen atoms in total. The molecule has 1 aromatic heterocycles. The molecule has 1 amide bonds. The van der Waals surface area contributed by atoms with Crippen LogP contribution in [0.3, 0.4) is 0 Å². The van der Waals surface area contributed by atoms with Crippen LogP contribution in [0.2, 0.25) is 0 Å². The molecule has 27 heavy (non-hydrogen) atoms. The van der Waals surface area contributed by atoms with Crippen molar-refractivity contribution in [2.24, 2.45) is 0 Å². The molecular weight excluding hydrogens is 356 g/mol. The maximum Gasteiger partial charge on any atom is 0.414 e. The lowest BCUT2D eigenvalue weighted by Crippen LogP contribution is -2.56. The van der Waals surface area contributed by atoms with Crippen molar-refractivity contribution in [3.05, 3.63) is 52.2 Å². The molecule has 0 saturated carbocycles. The maximum absolute atomic E-state index is 13.1. The Bertz CT molecular complexity index is 786. The van der Waals surface area contributed by atoms with Crippen molar-refractivity contribution in [1.82, 2.24) is 0 Å². The van der Waals surface area contributed by atoms with Crippen LogP contribution in [0.1, 0.15) is 36.1 Å². The molecule has 2 aliphatic rings. The van der Waals surface area contributed by atoms with Crippen LogP contribution in [0, 0.1) is 6.92 Å². The molecule has 144 valence electrons. The van der Waals surface area contributed by atoms with Gasteiger partial charge in [-0.1, -0.05) is 18.2 Å². The lowest BCUT2D eigenvalue weighted by molar-refractivity contribution is -0.931. The number of benzene rings is 1. The van der Waals surface area contributed by atoms with Gasteiger partial charge in [0.1, 0.15) is 6.10 Å². The third kappa shape index (κ3) is 3.63. The van der Waals surface area contributed by atoms with Crippen LogP contribution in [0.5, 0.6) is 0 Å². The largest absolute Gasteiger partial charge is 0.445 e. The minimum Gasteiger partial charge on any atom is -0.445 e. The summed E-state index contributed by atoms with van der Waals surface area (Å²) < 4.78 is 7.14. The number of piperidine rings is 1. The number of amides is 1. The SMILES string of the molecule is Cc1ccsc1CN(C(=O)OC1C[C@H]2CC[C@@H](C1)[N+]2(C)C)c1ccccc1. The van der Waals surface area contributed by atoms with Crippen molar-refractivity contribution in [2.45, 2.75) is 57.3 Å². The molecule has 2 fully saturated rings. The van der Waals surface area contributed by atoms with Crippen molar-refractivity contribution >= 4 is 23.1 Å². The highest BCUT2D eigenvalue weighted by molar-refractivity contribution is 7.10. The number of hydrogen-bond acceptors (Lipinski definition) is 3. The first-order chi connectivity index (χ1) is 12.9. The van der Waals surface area contributed by atoms with Gasteiger partial charge in [-0.15, -0.1) is 11.3 Å². The molecule has 2 saturated heterocycles. The summed E-state index contributed by atoms with van der Waals surface area (Å²) in [7, 11) is 4.66. The van der Waals surface area contributed by atoms with E-state index in [9.17, 15) is 4.79 Å². The fourth-order valence-corrected chi connectivity index (χ4v) is 5.61. The van der Waals surface area contributed by atoms with Gasteiger partial charge in [-0.25, -0.2) is 4.79 Å². The van der Waals surface area contributed by atoms with E-state index in [1.165, 1.54) is 23.3 Å². The molecule has 3 heterocycles. The van der Waals surface area contributed by atoms with Gasteiger partial charge in [-0.05, 0) is 36.1 Å². The number of carbonyl (C=O) groups is 1. The van der Waals surface area contributed by atoms with Crippen LogP contribution in [0.15, 0.2) is 41.8 Å². The topological polar surface area (TPSA) is 29.5 Å². The lowest BCUT2D eigenvalue weighted by atomic mass is 9.98. The quantitative estimate of drug-likeness (QED) is 0.696. The molecule has 3 atom stereocenters. The maximum atomic E-state index is 13.1. The Morgan fingerprint density at radius 1 is 1.15 bits per heavy atom. The van der Waals surface area contributed by atoms with Crippen molar-refractivity contribution < 1.29 is 14.0 Å². The van der Waals surface area contributed by atoms with Crippen LogP contribution in [-0.4, -0.2) is 42.9 Å². The first-order valence-electron chi connectivity index (χ1n) is 9.84. The van der Waals surface area contributed by atoms with E-state index in [0.717, 1.165) is 23.0 Å². The Hall–Kier alpha value is -1.85. The molecule has 1 aromatic carbocycles. The van der Waals surface area contributed by atoms with Crippen molar-refractivity contribution in [3.63, 3.8) is 0 Å². The normalized spacial score (nSPS) is 26.0. The van der Waals surface area contributed by atoms with Gasteiger partial charge in [0.15, 0.2) is 0 Å². The summed E-state index contributed by atoms with van der Waals surface area (Å²) in [5.41, 5.74) is 2.12. The highest BCUT2D eigenvalue weighted by Crippen LogP contribution is 2.40. The summed E-state index contributed by atoms with van der Waals surface area (Å²) in [4.78, 5) is 16.1. The monoisotopic (exact) mass is 385 g/mol. The Labute approximate surface area is 166 Å². The number of thiophene rings is 1. The van der Waals surface area contributed by atoms with Gasteiger partial charge in [0.25, 0.3) is 0 Å². The Morgan fingerprint density at radius 2 is 1.81 bits per heavy atom. The number of anilines is 1. The van der Waals surface area contributed by atoms with E-state index in [0.29, 0.717) is 18.6 Å². The number of quaternary nitrogens is 1. The van der Waals surface area contributed by atoms with E-state index in [-0.39, 0.29) is 12.2 Å². The highest BCUT2D eigenvalue weighted by Gasteiger charge is 2.50. The van der Waals surface area contributed by atoms with Crippen molar-refractivity contribution in [2.75, 3.05) is 19.0 Å². The zero-order chi connectivity index (χ0) is 19.0. The summed E-state index contributed by atoms with van der Waals surface area (Å²) in [5.74, 6) is 0. The van der Waals surface area contributed by atoms with Crippen LogP contribution < -0.4 is 4.90 Å². The second-order valence-electron chi connectivity index (χ2n) is 8.44. The number of rotatable bonds is 4. The molecule has 1 unspecified atom stereocenters. The van der Waals surface area contributed by atoms with E-state index >= 15 is 0 Å². The minimum absolute atomic E-state index is 0.0387. The number of ether oxygens (including phenoxy) is 1. The molecular formula is C22H29N2O2S+. The highest BCUT2D eigenvalue weighted by atomic mass is 32.1. The van der Waals surface area contributed by atoms with E-state index < -0.39 is 0 Å². The Morgan fingerprint density at radius 3 is 2.41 bits per heavy atom. The number of nitrogens with zero attached hydrogens (tertiary/aromatic N) is 2. The van der Waals surface area contributed by atoms with Gasteiger partial charge in [0.2, 0.25) is 0 Å². The molecule has 0 spiro atoms. The van der Waals surface area contributed by atoms with E-state index in [1.807, 2.05) is 30.3 Å². The number of para-hydroxylation sites is 1. The second-order valence-corrected chi connectivity index (χ2v) is 9.44. The van der Waals surface area contributed by atoms with Gasteiger partial charge in [-0.2, -0.15) is 0 Å². The Kier molecular flexibility index (Phi) is 4.99. The molecule has 2 aromatic rings. The summed E-state index contributed by atoms with van der Waals surface area (Å²) in [6.45, 7) is 2.66. The molecule has 4 rings (SSSR count). The molecule has 2 bridgehead atoms. The van der Waals surface area contributed by atoms with Crippen molar-refractivity contribution in [3.8, 4) is 0 Å². The first-order valence-corrected chi connectivity index (χ1v) is 10.7. The number of hydrogen-bond donors (Lipinski definition) is 0. The van der Waals surface area contributed by atoms with Gasteiger partial charge in [0.05, 0.1) is 32.7 Å². The Balaban J connectivity index is 1.50. The van der Waals surface area contributed by atoms with Crippen LogP contribution >= 0.6 is 11.3 Å². The van der Waals surface area contributed by atoms with Crippen LogP contribution in [0.4, 0.5) is 10.5 Å². The second kappa shape index (κ2) is 7.28. The third-order valence-corrected chi connectivity index (χ3v) is 7.62. The average molecular weight is 386 g/mol. The van der Waals surface area contributed by atoms with E-state index in [1.54, 1.807) is 16.2 Å². The van der Waals surface area contributed by atoms with Crippen LogP contribution in [0.25, 0.3) is 0 Å².